The summed E-state index contributed by atoms with van der Waals surface area (Å²) < 4.78 is 29.9. The molecule has 5 rings (SSSR count). The van der Waals surface area contributed by atoms with E-state index < -0.39 is 5.97 Å². The van der Waals surface area contributed by atoms with Crippen LogP contribution in [0.4, 0.5) is 4.39 Å². The molecule has 8 heteroatoms. The van der Waals surface area contributed by atoms with Crippen LogP contribution in [0, 0.1) is 11.7 Å². The largest absolute Gasteiger partial charge is 0.507 e. The van der Waals surface area contributed by atoms with Gasteiger partial charge in [-0.25, -0.2) is 9.18 Å². The number of ether oxygens (including phenoxy) is 3. The molecule has 0 radical (unpaired) electrons. The van der Waals surface area contributed by atoms with Crippen molar-refractivity contribution in [3.8, 4) is 23.0 Å². The number of nitrogens with one attached hydrogen (secondary N) is 1. The molecule has 0 saturated carbocycles. The molecule has 2 aliphatic rings. The third-order valence-electron chi connectivity index (χ3n) is 5.85. The summed E-state index contributed by atoms with van der Waals surface area (Å²) in [5, 5.41) is 20.7. The zero-order valence-electron chi connectivity index (χ0n) is 18.4. The lowest BCUT2D eigenvalue weighted by atomic mass is 9.81. The fraction of sp³-hybridized carbons (Fsp3) is 0.269. The Morgan fingerprint density at radius 2 is 1.82 bits per heavy atom. The Morgan fingerprint density at radius 1 is 1.06 bits per heavy atom. The molecule has 2 aliphatic heterocycles. The summed E-state index contributed by atoms with van der Waals surface area (Å²) in [4.78, 5) is 10.3. The number of hydrogen-bond acceptors (Lipinski definition) is 6. The molecule has 0 bridgehead atoms. The maximum absolute atomic E-state index is 13.2. The number of halogens is 1. The second-order valence-corrected chi connectivity index (χ2v) is 8.06. The third-order valence-corrected chi connectivity index (χ3v) is 5.85. The highest BCUT2D eigenvalue weighted by Crippen LogP contribution is 2.36. The summed E-state index contributed by atoms with van der Waals surface area (Å²) in [7, 11) is 0. The Balaban J connectivity index is 0.000000231. The first kappa shape index (κ1) is 23.4. The standard InChI is InChI=1S/C19H20FNO3.C7H6O3/c20-15-3-1-13(2-4-15)17-7-8-21-10-14(17)11-22-16-5-6-18-19(9-16)24-12-23-18;8-6-4-2-1-3-5(6)7(9)10/h1-6,9,14,17,21H,7-8,10-12H2;1-4,8H,(H,9,10)/t14-,17-;/m0./s1. The first-order chi connectivity index (χ1) is 16.5. The van der Waals surface area contributed by atoms with Crippen LogP contribution in [0.5, 0.6) is 23.0 Å². The SMILES string of the molecule is Fc1ccc([C@@H]2CCNC[C@H]2COc2ccc3c(c2)OCO3)cc1.O=C(O)c1ccccc1O. The van der Waals surface area contributed by atoms with Crippen LogP contribution >= 0.6 is 0 Å². The van der Waals surface area contributed by atoms with Gasteiger partial charge >= 0.3 is 5.97 Å². The van der Waals surface area contributed by atoms with E-state index in [4.69, 9.17) is 24.4 Å². The predicted octanol–water partition coefficient (Wildman–Crippen LogP) is 4.42. The van der Waals surface area contributed by atoms with Gasteiger partial charge in [0.15, 0.2) is 11.5 Å². The van der Waals surface area contributed by atoms with E-state index in [0.29, 0.717) is 18.4 Å². The van der Waals surface area contributed by atoms with E-state index in [1.807, 2.05) is 30.3 Å². The van der Waals surface area contributed by atoms with Gasteiger partial charge in [-0.1, -0.05) is 24.3 Å². The summed E-state index contributed by atoms with van der Waals surface area (Å²) in [6, 6.07) is 18.3. The van der Waals surface area contributed by atoms with Crippen molar-refractivity contribution in [1.29, 1.82) is 0 Å². The van der Waals surface area contributed by atoms with E-state index in [2.05, 4.69) is 5.32 Å². The van der Waals surface area contributed by atoms with Crippen LogP contribution in [-0.2, 0) is 0 Å². The lowest BCUT2D eigenvalue weighted by molar-refractivity contribution is 0.0693. The van der Waals surface area contributed by atoms with Crippen molar-refractivity contribution in [3.63, 3.8) is 0 Å². The number of hydrogen-bond donors (Lipinski definition) is 3. The van der Waals surface area contributed by atoms with Gasteiger partial charge in [0.05, 0.1) is 6.61 Å². The summed E-state index contributed by atoms with van der Waals surface area (Å²) in [6.45, 7) is 2.74. The molecule has 0 unspecified atom stereocenters. The molecule has 178 valence electrons. The smallest absolute Gasteiger partial charge is 0.339 e. The van der Waals surface area contributed by atoms with Crippen LogP contribution in [0.3, 0.4) is 0 Å². The van der Waals surface area contributed by atoms with Gasteiger partial charge < -0.3 is 29.7 Å². The maximum Gasteiger partial charge on any atom is 0.339 e. The normalized spacial score (nSPS) is 18.5. The van der Waals surface area contributed by atoms with E-state index in [9.17, 15) is 9.18 Å². The van der Waals surface area contributed by atoms with Gasteiger partial charge in [-0.05, 0) is 60.8 Å². The maximum atomic E-state index is 13.2. The minimum absolute atomic E-state index is 0.0671. The van der Waals surface area contributed by atoms with Crippen LogP contribution in [0.15, 0.2) is 66.7 Å². The Labute approximate surface area is 196 Å². The van der Waals surface area contributed by atoms with E-state index in [1.54, 1.807) is 12.1 Å². The van der Waals surface area contributed by atoms with Crippen LogP contribution < -0.4 is 19.5 Å². The number of aromatic carboxylic acids is 1. The molecule has 2 heterocycles. The predicted molar refractivity (Wildman–Crippen MR) is 123 cm³/mol. The number of rotatable bonds is 5. The van der Waals surface area contributed by atoms with Crippen LogP contribution in [0.2, 0.25) is 0 Å². The highest BCUT2D eigenvalue weighted by molar-refractivity contribution is 5.90. The monoisotopic (exact) mass is 467 g/mol. The van der Waals surface area contributed by atoms with Crippen LogP contribution in [0.25, 0.3) is 0 Å². The molecule has 7 nitrogen and oxygen atoms in total. The first-order valence-corrected chi connectivity index (χ1v) is 11.0. The zero-order chi connectivity index (χ0) is 23.9. The molecule has 1 saturated heterocycles. The molecule has 1 fully saturated rings. The Hall–Kier alpha value is -3.78. The van der Waals surface area contributed by atoms with E-state index in [0.717, 1.165) is 36.8 Å². The minimum Gasteiger partial charge on any atom is -0.507 e. The fourth-order valence-corrected chi connectivity index (χ4v) is 4.07. The first-order valence-electron chi connectivity index (χ1n) is 11.0. The molecule has 34 heavy (non-hydrogen) atoms. The third kappa shape index (κ3) is 5.77. The molecule has 3 N–H and O–H groups in total. The quantitative estimate of drug-likeness (QED) is 0.511. The number of carboxylic acids is 1. The van der Waals surface area contributed by atoms with Gasteiger partial charge in [0, 0.05) is 18.5 Å². The number of fused-ring (bicyclic) bond motifs is 1. The van der Waals surface area contributed by atoms with Crippen molar-refractivity contribution >= 4 is 5.97 Å². The zero-order valence-corrected chi connectivity index (χ0v) is 18.4. The summed E-state index contributed by atoms with van der Waals surface area (Å²) in [5.41, 5.74) is 1.11. The number of para-hydroxylation sites is 1. The number of piperidine rings is 1. The molecule has 0 amide bonds. The Morgan fingerprint density at radius 3 is 2.56 bits per heavy atom. The molecular formula is C26H26FNO6. The number of benzene rings is 3. The average Bonchev–Trinajstić information content (AvgIpc) is 3.32. The Bertz CT molecular complexity index is 1120. The summed E-state index contributed by atoms with van der Waals surface area (Å²) >= 11 is 0. The van der Waals surface area contributed by atoms with E-state index in [1.165, 1.54) is 29.8 Å². The van der Waals surface area contributed by atoms with Crippen LogP contribution in [-0.4, -0.2) is 42.7 Å². The second-order valence-electron chi connectivity index (χ2n) is 8.06. The van der Waals surface area contributed by atoms with E-state index >= 15 is 0 Å². The minimum atomic E-state index is -1.11. The topological polar surface area (TPSA) is 97.2 Å². The molecule has 0 aliphatic carbocycles. The highest BCUT2D eigenvalue weighted by Gasteiger charge is 2.27. The van der Waals surface area contributed by atoms with Crippen molar-refractivity contribution in [1.82, 2.24) is 5.32 Å². The summed E-state index contributed by atoms with van der Waals surface area (Å²) in [5.74, 6) is 1.47. The number of aromatic hydroxyl groups is 1. The Kier molecular flexibility index (Phi) is 7.49. The van der Waals surface area contributed by atoms with E-state index in [-0.39, 0.29) is 23.9 Å². The number of phenols is 1. The van der Waals surface area contributed by atoms with Gasteiger partial charge in [0.1, 0.15) is 22.9 Å². The molecule has 0 aromatic heterocycles. The molecular weight excluding hydrogens is 441 g/mol. The molecule has 0 spiro atoms. The van der Waals surface area contributed by atoms with Crippen molar-refractivity contribution in [2.24, 2.45) is 5.92 Å². The molecule has 2 atom stereocenters. The van der Waals surface area contributed by atoms with Gasteiger partial charge in [0.25, 0.3) is 0 Å². The lowest BCUT2D eigenvalue weighted by Crippen LogP contribution is -2.38. The van der Waals surface area contributed by atoms with Crippen molar-refractivity contribution in [2.45, 2.75) is 12.3 Å². The van der Waals surface area contributed by atoms with Gasteiger partial charge in [0.2, 0.25) is 6.79 Å². The van der Waals surface area contributed by atoms with Crippen molar-refractivity contribution in [3.05, 3.63) is 83.7 Å². The van der Waals surface area contributed by atoms with Crippen molar-refractivity contribution < 1.29 is 33.6 Å². The lowest BCUT2D eigenvalue weighted by Gasteiger charge is -2.32. The number of carbonyl (C=O) groups is 1. The molecule has 3 aromatic rings. The second kappa shape index (κ2) is 10.9. The highest BCUT2D eigenvalue weighted by atomic mass is 19.1. The van der Waals surface area contributed by atoms with Gasteiger partial charge in [-0.3, -0.25) is 0 Å². The molecule has 3 aromatic carbocycles. The number of carboxylic acid groups (broad SMARTS) is 1. The van der Waals surface area contributed by atoms with Crippen LogP contribution in [0.1, 0.15) is 28.3 Å². The summed E-state index contributed by atoms with van der Waals surface area (Å²) in [6.07, 6.45) is 1.03. The fourth-order valence-electron chi connectivity index (χ4n) is 4.07. The van der Waals surface area contributed by atoms with Crippen molar-refractivity contribution in [2.75, 3.05) is 26.5 Å². The van der Waals surface area contributed by atoms with Gasteiger partial charge in [-0.15, -0.1) is 0 Å². The van der Waals surface area contributed by atoms with Gasteiger partial charge in [-0.2, -0.15) is 0 Å². The average molecular weight is 467 g/mol.